The van der Waals surface area contributed by atoms with Gasteiger partial charge in [0.15, 0.2) is 4.34 Å². The number of benzene rings is 3. The highest BCUT2D eigenvalue weighted by Crippen LogP contribution is 2.40. The molecule has 0 aliphatic rings. The zero-order valence-corrected chi connectivity index (χ0v) is 21.1. The minimum Gasteiger partial charge on any atom is -0.494 e. The van der Waals surface area contributed by atoms with Gasteiger partial charge in [0.2, 0.25) is 0 Å². The Morgan fingerprint density at radius 2 is 2.03 bits per heavy atom. The van der Waals surface area contributed by atoms with Crippen molar-refractivity contribution in [1.82, 2.24) is 4.98 Å². The number of ether oxygens (including phenoxy) is 1. The fourth-order valence-electron chi connectivity index (χ4n) is 3.18. The first-order valence-electron chi connectivity index (χ1n) is 10.5. The van der Waals surface area contributed by atoms with Crippen LogP contribution in [0, 0.1) is 21.4 Å². The monoisotopic (exact) mass is 536 g/mol. The molecule has 1 amide bonds. The van der Waals surface area contributed by atoms with Crippen molar-refractivity contribution < 1.29 is 14.5 Å². The third-order valence-corrected chi connectivity index (χ3v) is 7.20. The molecule has 4 aromatic rings. The molecule has 0 saturated heterocycles. The van der Waals surface area contributed by atoms with E-state index in [0.717, 1.165) is 16.0 Å². The Morgan fingerprint density at radius 1 is 1.25 bits per heavy atom. The number of halogens is 1. The minimum atomic E-state index is -0.637. The summed E-state index contributed by atoms with van der Waals surface area (Å²) in [5.74, 6) is 0.0996. The first kappa shape index (κ1) is 25.2. The van der Waals surface area contributed by atoms with Gasteiger partial charge in [-0.05, 0) is 67.1 Å². The largest absolute Gasteiger partial charge is 0.494 e. The molecule has 36 heavy (non-hydrogen) atoms. The van der Waals surface area contributed by atoms with Gasteiger partial charge in [0.1, 0.15) is 17.4 Å². The van der Waals surface area contributed by atoms with Gasteiger partial charge in [-0.25, -0.2) is 4.98 Å². The molecule has 0 unspecified atom stereocenters. The number of anilines is 1. The van der Waals surface area contributed by atoms with Crippen LogP contribution in [-0.2, 0) is 4.79 Å². The van der Waals surface area contributed by atoms with E-state index in [4.69, 9.17) is 16.3 Å². The number of carbonyl (C=O) groups is 1. The molecule has 1 N–H and O–H groups in total. The molecule has 0 bridgehead atoms. The van der Waals surface area contributed by atoms with Gasteiger partial charge < -0.3 is 10.1 Å². The maximum Gasteiger partial charge on any atom is 0.283 e. The number of carbonyl (C=O) groups excluding carboxylic acids is 1. The fourth-order valence-corrected chi connectivity index (χ4v) is 5.44. The topological polar surface area (TPSA) is 118 Å². The van der Waals surface area contributed by atoms with Crippen LogP contribution in [-0.4, -0.2) is 22.4 Å². The molecule has 0 spiro atoms. The summed E-state index contributed by atoms with van der Waals surface area (Å²) in [5.41, 5.74) is 1.24. The number of hydrogen-bond acceptors (Lipinski definition) is 8. The highest BCUT2D eigenvalue weighted by atomic mass is 35.5. The highest BCUT2D eigenvalue weighted by Gasteiger charge is 2.18. The van der Waals surface area contributed by atoms with Crippen molar-refractivity contribution in [2.75, 3.05) is 11.9 Å². The van der Waals surface area contributed by atoms with Crippen LogP contribution >= 0.6 is 34.7 Å². The van der Waals surface area contributed by atoms with Crippen LogP contribution in [0.25, 0.3) is 16.3 Å². The maximum absolute atomic E-state index is 12.5. The zero-order valence-electron chi connectivity index (χ0n) is 18.7. The Hall–Kier alpha value is -3.91. The van der Waals surface area contributed by atoms with Gasteiger partial charge in [0.25, 0.3) is 11.6 Å². The second-order valence-corrected chi connectivity index (χ2v) is 10.0. The lowest BCUT2D eigenvalue weighted by Gasteiger charge is -2.05. The Bertz CT molecular complexity index is 1530. The van der Waals surface area contributed by atoms with Gasteiger partial charge in [0, 0.05) is 16.8 Å². The maximum atomic E-state index is 12.5. The summed E-state index contributed by atoms with van der Waals surface area (Å²) in [6, 6.07) is 18.4. The number of rotatable bonds is 8. The molecule has 0 aliphatic heterocycles. The lowest BCUT2D eigenvalue weighted by molar-refractivity contribution is -0.387. The summed E-state index contributed by atoms with van der Waals surface area (Å²) in [6.07, 6.45) is 1.31. The van der Waals surface area contributed by atoms with Crippen LogP contribution in [0.5, 0.6) is 5.75 Å². The number of thiazole rings is 1. The van der Waals surface area contributed by atoms with Gasteiger partial charge in [-0.2, -0.15) is 5.26 Å². The molecular weight excluding hydrogens is 520 g/mol. The Labute approximate surface area is 219 Å². The molecule has 11 heteroatoms. The van der Waals surface area contributed by atoms with E-state index in [9.17, 15) is 20.2 Å². The van der Waals surface area contributed by atoms with Crippen molar-refractivity contribution in [3.05, 3.63) is 86.9 Å². The zero-order chi connectivity index (χ0) is 25.7. The fraction of sp³-hybridized carbons (Fsp3) is 0.0800. The molecule has 0 atom stereocenters. The quantitative estimate of drug-likeness (QED) is 0.112. The second kappa shape index (κ2) is 11.2. The average molecular weight is 537 g/mol. The van der Waals surface area contributed by atoms with Crippen LogP contribution in [0.15, 0.2) is 75.5 Å². The molecule has 3 aromatic carbocycles. The third-order valence-electron chi connectivity index (χ3n) is 4.81. The van der Waals surface area contributed by atoms with Crippen LogP contribution in [0.1, 0.15) is 12.5 Å². The lowest BCUT2D eigenvalue weighted by Crippen LogP contribution is -2.13. The van der Waals surface area contributed by atoms with Gasteiger partial charge in [-0.15, -0.1) is 11.3 Å². The Morgan fingerprint density at radius 3 is 2.72 bits per heavy atom. The third kappa shape index (κ3) is 6.01. The number of hydrogen-bond donors (Lipinski definition) is 1. The average Bonchev–Trinajstić information content (AvgIpc) is 3.26. The van der Waals surface area contributed by atoms with E-state index in [-0.39, 0.29) is 11.3 Å². The molecule has 180 valence electrons. The van der Waals surface area contributed by atoms with Gasteiger partial charge >= 0.3 is 0 Å². The first-order valence-corrected chi connectivity index (χ1v) is 12.6. The molecule has 8 nitrogen and oxygen atoms in total. The molecule has 0 radical (unpaired) electrons. The molecule has 4 rings (SSSR count). The summed E-state index contributed by atoms with van der Waals surface area (Å²) in [5, 5.41) is 24.4. The molecule has 0 fully saturated rings. The molecular formula is C25H17ClN4O4S2. The van der Waals surface area contributed by atoms with E-state index >= 15 is 0 Å². The Balaban J connectivity index is 1.58. The molecule has 1 aromatic heterocycles. The van der Waals surface area contributed by atoms with Gasteiger partial charge in [-0.1, -0.05) is 29.4 Å². The molecule has 0 saturated carbocycles. The Kier molecular flexibility index (Phi) is 7.85. The number of amides is 1. The van der Waals surface area contributed by atoms with Crippen molar-refractivity contribution in [1.29, 1.82) is 5.26 Å². The van der Waals surface area contributed by atoms with Crippen molar-refractivity contribution in [3.63, 3.8) is 0 Å². The van der Waals surface area contributed by atoms with Crippen LogP contribution in [0.2, 0.25) is 5.02 Å². The summed E-state index contributed by atoms with van der Waals surface area (Å²) < 4.78 is 7.08. The van der Waals surface area contributed by atoms with E-state index < -0.39 is 10.8 Å². The van der Waals surface area contributed by atoms with E-state index in [1.165, 1.54) is 35.2 Å². The van der Waals surface area contributed by atoms with Crippen molar-refractivity contribution in [2.24, 2.45) is 0 Å². The summed E-state index contributed by atoms with van der Waals surface area (Å²) in [6.45, 7) is 2.46. The van der Waals surface area contributed by atoms with Gasteiger partial charge in [0.05, 0.1) is 26.6 Å². The van der Waals surface area contributed by atoms with Crippen molar-refractivity contribution in [3.8, 4) is 11.8 Å². The number of nitrogens with one attached hydrogen (secondary N) is 1. The van der Waals surface area contributed by atoms with Gasteiger partial charge in [-0.3, -0.25) is 14.9 Å². The predicted molar refractivity (Wildman–Crippen MR) is 142 cm³/mol. The van der Waals surface area contributed by atoms with E-state index in [2.05, 4.69) is 10.3 Å². The van der Waals surface area contributed by atoms with Crippen LogP contribution in [0.4, 0.5) is 11.4 Å². The number of fused-ring (bicyclic) bond motifs is 1. The summed E-state index contributed by atoms with van der Waals surface area (Å²) in [7, 11) is 0. The highest BCUT2D eigenvalue weighted by molar-refractivity contribution is 8.01. The smallest absolute Gasteiger partial charge is 0.283 e. The summed E-state index contributed by atoms with van der Waals surface area (Å²) in [4.78, 5) is 28.8. The van der Waals surface area contributed by atoms with E-state index in [1.807, 2.05) is 31.2 Å². The van der Waals surface area contributed by atoms with E-state index in [1.54, 1.807) is 36.4 Å². The van der Waals surface area contributed by atoms with Crippen LogP contribution < -0.4 is 10.1 Å². The normalized spacial score (nSPS) is 11.2. The number of aromatic nitrogens is 1. The van der Waals surface area contributed by atoms with Crippen LogP contribution in [0.3, 0.4) is 0 Å². The second-order valence-electron chi connectivity index (χ2n) is 7.26. The predicted octanol–water partition coefficient (Wildman–Crippen LogP) is 6.95. The number of nitro benzene ring substituents is 1. The molecule has 0 aliphatic carbocycles. The summed E-state index contributed by atoms with van der Waals surface area (Å²) >= 11 is 8.44. The molecule has 1 heterocycles. The standard InChI is InChI=1S/C25H17ClN4O4S2/c1-2-34-19-8-9-20-23(13-19)36-25(29-20)35-22-10-3-15(12-21(22)30(32)33)11-16(14-27)24(31)28-18-6-4-17(26)5-7-18/h3-13H,2H2,1H3,(H,28,31)/b16-11+. The SMILES string of the molecule is CCOc1ccc2nc(Sc3ccc(/C=C(\C#N)C(=O)Nc4ccc(Cl)cc4)cc3[N+](=O)[O-])sc2c1. The number of nitrogens with zero attached hydrogens (tertiary/aromatic N) is 3. The van der Waals surface area contributed by atoms with Crippen molar-refractivity contribution in [2.45, 2.75) is 16.2 Å². The minimum absolute atomic E-state index is 0.154. The number of nitro groups is 1. The van der Waals surface area contributed by atoms with Crippen molar-refractivity contribution >= 4 is 68.3 Å². The number of nitriles is 1. The lowest BCUT2D eigenvalue weighted by atomic mass is 10.1. The van der Waals surface area contributed by atoms with E-state index in [0.29, 0.717) is 32.1 Å². The first-order chi connectivity index (χ1) is 17.4.